The van der Waals surface area contributed by atoms with Gasteiger partial charge in [0.2, 0.25) is 0 Å². The van der Waals surface area contributed by atoms with Crippen molar-refractivity contribution in [3.63, 3.8) is 0 Å². The molecule has 0 bridgehead atoms. The second kappa shape index (κ2) is 5.69. The lowest BCUT2D eigenvalue weighted by molar-refractivity contribution is -0.0387. The summed E-state index contributed by atoms with van der Waals surface area (Å²) in [6, 6.07) is 9.51. The molecule has 1 amide bonds. The highest BCUT2D eigenvalue weighted by atomic mass is 16.5. The quantitative estimate of drug-likeness (QED) is 0.849. The Hall–Kier alpha value is -2.14. The zero-order valence-corrected chi connectivity index (χ0v) is 12.3. The molecule has 0 N–H and O–H groups in total. The van der Waals surface area contributed by atoms with E-state index in [1.165, 1.54) is 0 Å². The number of morpholine rings is 1. The third-order valence-corrected chi connectivity index (χ3v) is 3.75. The summed E-state index contributed by atoms with van der Waals surface area (Å²) in [4.78, 5) is 14.5. The molecule has 21 heavy (non-hydrogen) atoms. The van der Waals surface area contributed by atoms with Crippen LogP contribution < -0.4 is 0 Å². The van der Waals surface area contributed by atoms with E-state index < -0.39 is 0 Å². The van der Waals surface area contributed by atoms with Gasteiger partial charge in [-0.1, -0.05) is 0 Å². The van der Waals surface area contributed by atoms with Crippen molar-refractivity contribution in [3.8, 4) is 5.69 Å². The minimum Gasteiger partial charge on any atom is -0.375 e. The molecule has 2 aromatic rings. The lowest BCUT2D eigenvalue weighted by Crippen LogP contribution is -2.50. The maximum Gasteiger partial charge on any atom is 0.254 e. The molecule has 1 saturated heterocycles. The van der Waals surface area contributed by atoms with E-state index in [9.17, 15) is 4.79 Å². The SMILES string of the molecule is CC1CN(C(=O)c2ccc(-n3cccn3)cc2)C(C)CO1. The van der Waals surface area contributed by atoms with Crippen LogP contribution in [-0.2, 0) is 4.74 Å². The first-order valence-electron chi connectivity index (χ1n) is 7.18. The minimum atomic E-state index is 0.0599. The van der Waals surface area contributed by atoms with E-state index >= 15 is 0 Å². The van der Waals surface area contributed by atoms with E-state index in [0.29, 0.717) is 18.7 Å². The molecule has 0 aliphatic carbocycles. The first kappa shape index (κ1) is 13.8. The molecule has 2 unspecified atom stereocenters. The Morgan fingerprint density at radius 3 is 2.71 bits per heavy atom. The Bertz CT molecular complexity index is 607. The summed E-state index contributed by atoms with van der Waals surface area (Å²) in [6.07, 6.45) is 3.70. The molecule has 1 aromatic heterocycles. The number of aromatic nitrogens is 2. The zero-order valence-electron chi connectivity index (χ0n) is 12.3. The van der Waals surface area contributed by atoms with Crippen LogP contribution in [0.2, 0.25) is 0 Å². The standard InChI is InChI=1S/C16H19N3O2/c1-12-11-21-13(2)10-18(12)16(20)14-4-6-15(7-5-14)19-9-3-8-17-19/h3-9,12-13H,10-11H2,1-2H3. The van der Waals surface area contributed by atoms with Crippen LogP contribution >= 0.6 is 0 Å². The summed E-state index contributed by atoms with van der Waals surface area (Å²) in [5.74, 6) is 0.0599. The number of hydrogen-bond donors (Lipinski definition) is 0. The molecule has 1 aromatic carbocycles. The molecule has 5 nitrogen and oxygen atoms in total. The molecule has 1 aliphatic rings. The number of ether oxygens (including phenoxy) is 1. The van der Waals surface area contributed by atoms with Crippen molar-refractivity contribution in [3.05, 3.63) is 48.3 Å². The average molecular weight is 285 g/mol. The summed E-state index contributed by atoms with van der Waals surface area (Å²) in [5, 5.41) is 4.18. The third kappa shape index (κ3) is 2.83. The van der Waals surface area contributed by atoms with Gasteiger partial charge in [-0.3, -0.25) is 4.79 Å². The fourth-order valence-corrected chi connectivity index (χ4v) is 2.53. The average Bonchev–Trinajstić information content (AvgIpc) is 3.03. The normalized spacial score (nSPS) is 22.3. The highest BCUT2D eigenvalue weighted by molar-refractivity contribution is 5.94. The van der Waals surface area contributed by atoms with Gasteiger partial charge in [-0.05, 0) is 44.2 Å². The summed E-state index contributed by atoms with van der Waals surface area (Å²) in [7, 11) is 0. The van der Waals surface area contributed by atoms with E-state index in [1.54, 1.807) is 10.9 Å². The molecule has 2 heterocycles. The third-order valence-electron chi connectivity index (χ3n) is 3.75. The molecule has 110 valence electrons. The predicted molar refractivity (Wildman–Crippen MR) is 79.5 cm³/mol. The Morgan fingerprint density at radius 1 is 1.29 bits per heavy atom. The first-order chi connectivity index (χ1) is 10.1. The molecular formula is C16H19N3O2. The van der Waals surface area contributed by atoms with Crippen molar-refractivity contribution in [1.29, 1.82) is 0 Å². The lowest BCUT2D eigenvalue weighted by Gasteiger charge is -2.36. The highest BCUT2D eigenvalue weighted by Crippen LogP contribution is 2.16. The smallest absolute Gasteiger partial charge is 0.254 e. The minimum absolute atomic E-state index is 0.0599. The summed E-state index contributed by atoms with van der Waals surface area (Å²) < 4.78 is 7.34. The Labute approximate surface area is 124 Å². The van der Waals surface area contributed by atoms with Crippen LogP contribution in [0.5, 0.6) is 0 Å². The number of benzene rings is 1. The molecule has 3 rings (SSSR count). The van der Waals surface area contributed by atoms with Crippen molar-refractivity contribution < 1.29 is 9.53 Å². The van der Waals surface area contributed by atoms with E-state index in [2.05, 4.69) is 5.10 Å². The molecule has 1 aliphatic heterocycles. The van der Waals surface area contributed by atoms with Crippen molar-refractivity contribution in [2.45, 2.75) is 26.0 Å². The highest BCUT2D eigenvalue weighted by Gasteiger charge is 2.28. The number of nitrogens with zero attached hydrogens (tertiary/aromatic N) is 3. The molecule has 0 spiro atoms. The van der Waals surface area contributed by atoms with Crippen molar-refractivity contribution in [1.82, 2.24) is 14.7 Å². The maximum atomic E-state index is 12.6. The van der Waals surface area contributed by atoms with Gasteiger partial charge in [-0.25, -0.2) is 4.68 Å². The van der Waals surface area contributed by atoms with Gasteiger partial charge in [0.1, 0.15) is 0 Å². The summed E-state index contributed by atoms with van der Waals surface area (Å²) in [5.41, 5.74) is 1.65. The van der Waals surface area contributed by atoms with Gasteiger partial charge in [0.25, 0.3) is 5.91 Å². The molecule has 2 atom stereocenters. The van der Waals surface area contributed by atoms with Crippen LogP contribution in [-0.4, -0.2) is 45.9 Å². The van der Waals surface area contributed by atoms with E-state index in [-0.39, 0.29) is 18.1 Å². The largest absolute Gasteiger partial charge is 0.375 e. The number of carbonyl (C=O) groups excluding carboxylic acids is 1. The molecule has 0 saturated carbocycles. The number of carbonyl (C=O) groups is 1. The number of amides is 1. The summed E-state index contributed by atoms with van der Waals surface area (Å²) in [6.45, 7) is 5.24. The van der Waals surface area contributed by atoms with Crippen LogP contribution in [0.15, 0.2) is 42.7 Å². The first-order valence-corrected chi connectivity index (χ1v) is 7.18. The molecular weight excluding hydrogens is 266 g/mol. The monoisotopic (exact) mass is 285 g/mol. The van der Waals surface area contributed by atoms with Gasteiger partial charge in [0.15, 0.2) is 0 Å². The van der Waals surface area contributed by atoms with Gasteiger partial charge in [0, 0.05) is 24.5 Å². The van der Waals surface area contributed by atoms with E-state index in [0.717, 1.165) is 5.69 Å². The molecule has 5 heteroatoms. The second-order valence-electron chi connectivity index (χ2n) is 5.45. The van der Waals surface area contributed by atoms with Crippen molar-refractivity contribution in [2.24, 2.45) is 0 Å². The Morgan fingerprint density at radius 2 is 2.05 bits per heavy atom. The Kier molecular flexibility index (Phi) is 3.75. The van der Waals surface area contributed by atoms with E-state index in [4.69, 9.17) is 4.74 Å². The maximum absolute atomic E-state index is 12.6. The Balaban J connectivity index is 1.78. The topological polar surface area (TPSA) is 47.4 Å². The predicted octanol–water partition coefficient (Wildman–Crippen LogP) is 2.12. The lowest BCUT2D eigenvalue weighted by atomic mass is 10.1. The zero-order chi connectivity index (χ0) is 14.8. The fraction of sp³-hybridized carbons (Fsp3) is 0.375. The van der Waals surface area contributed by atoms with Gasteiger partial charge in [0.05, 0.1) is 24.4 Å². The van der Waals surface area contributed by atoms with Crippen molar-refractivity contribution in [2.75, 3.05) is 13.2 Å². The molecule has 0 radical (unpaired) electrons. The van der Waals surface area contributed by atoms with Crippen LogP contribution in [0.3, 0.4) is 0 Å². The van der Waals surface area contributed by atoms with Crippen LogP contribution in [0.4, 0.5) is 0 Å². The van der Waals surface area contributed by atoms with Gasteiger partial charge < -0.3 is 9.64 Å². The van der Waals surface area contributed by atoms with Crippen LogP contribution in [0.1, 0.15) is 24.2 Å². The number of rotatable bonds is 2. The van der Waals surface area contributed by atoms with Crippen LogP contribution in [0.25, 0.3) is 5.69 Å². The summed E-state index contributed by atoms with van der Waals surface area (Å²) >= 11 is 0. The van der Waals surface area contributed by atoms with Gasteiger partial charge in [-0.15, -0.1) is 0 Å². The van der Waals surface area contributed by atoms with Gasteiger partial charge >= 0.3 is 0 Å². The van der Waals surface area contributed by atoms with Crippen LogP contribution in [0, 0.1) is 0 Å². The van der Waals surface area contributed by atoms with Crippen molar-refractivity contribution >= 4 is 5.91 Å². The van der Waals surface area contributed by atoms with Gasteiger partial charge in [-0.2, -0.15) is 5.10 Å². The second-order valence-corrected chi connectivity index (χ2v) is 5.45. The molecule has 1 fully saturated rings. The fourth-order valence-electron chi connectivity index (χ4n) is 2.53. The number of hydrogen-bond acceptors (Lipinski definition) is 3. The van der Waals surface area contributed by atoms with E-state index in [1.807, 2.05) is 55.3 Å².